The molecule has 0 aromatic heterocycles. The zero-order chi connectivity index (χ0) is 13.9. The Morgan fingerprint density at radius 3 is 2.50 bits per heavy atom. The summed E-state index contributed by atoms with van der Waals surface area (Å²) in [5.41, 5.74) is 11.2. The number of morpholine rings is 1. The van der Waals surface area contributed by atoms with Gasteiger partial charge in [-0.25, -0.2) is 5.01 Å². The van der Waals surface area contributed by atoms with Gasteiger partial charge in [-0.2, -0.15) is 0 Å². The van der Waals surface area contributed by atoms with Gasteiger partial charge in [0, 0.05) is 24.0 Å². The first-order chi connectivity index (χ1) is 9.75. The average Bonchev–Trinajstić information content (AvgIpc) is 2.48. The molecule has 2 aromatic carbocycles. The van der Waals surface area contributed by atoms with Crippen molar-refractivity contribution < 1.29 is 4.74 Å². The van der Waals surface area contributed by atoms with Crippen molar-refractivity contribution >= 4 is 33.7 Å². The third-order valence-electron chi connectivity index (χ3n) is 3.48. The third-order valence-corrected chi connectivity index (χ3v) is 3.70. The van der Waals surface area contributed by atoms with Crippen molar-refractivity contribution in [3.05, 3.63) is 42.0 Å². The highest BCUT2D eigenvalue weighted by molar-refractivity contribution is 7.80. The van der Waals surface area contributed by atoms with Gasteiger partial charge >= 0.3 is 0 Å². The molecule has 0 aliphatic carbocycles. The Kier molecular flexibility index (Phi) is 3.82. The van der Waals surface area contributed by atoms with Gasteiger partial charge in [-0.1, -0.05) is 36.5 Å². The molecule has 20 heavy (non-hydrogen) atoms. The molecule has 4 nitrogen and oxygen atoms in total. The molecule has 1 fully saturated rings. The number of hydrazine groups is 1. The second-order valence-corrected chi connectivity index (χ2v) is 5.22. The maximum Gasteiger partial charge on any atom is 0.104 e. The molecule has 0 unspecified atom stereocenters. The van der Waals surface area contributed by atoms with Crippen LogP contribution in [0.5, 0.6) is 0 Å². The van der Waals surface area contributed by atoms with E-state index in [9.17, 15) is 0 Å². The van der Waals surface area contributed by atoms with Gasteiger partial charge in [-0.3, -0.25) is 0 Å². The molecule has 1 aliphatic heterocycles. The molecule has 0 atom stereocenters. The van der Waals surface area contributed by atoms with E-state index in [4.69, 9.17) is 22.7 Å². The van der Waals surface area contributed by atoms with Crippen molar-refractivity contribution in [2.45, 2.75) is 0 Å². The minimum absolute atomic E-state index is 0.430. The zero-order valence-corrected chi connectivity index (χ0v) is 12.0. The summed E-state index contributed by atoms with van der Waals surface area (Å²) >= 11 is 5.12. The number of nitrogens with zero attached hydrogens (tertiary/aromatic N) is 1. The number of nitrogens with two attached hydrogens (primary N) is 1. The fourth-order valence-electron chi connectivity index (χ4n) is 2.46. The van der Waals surface area contributed by atoms with E-state index in [0.717, 1.165) is 48.3 Å². The fourth-order valence-corrected chi connectivity index (χ4v) is 2.63. The first-order valence-corrected chi connectivity index (χ1v) is 7.07. The number of thiocarbonyl (C=S) groups is 1. The summed E-state index contributed by atoms with van der Waals surface area (Å²) in [4.78, 5) is 0.430. The van der Waals surface area contributed by atoms with E-state index in [-0.39, 0.29) is 0 Å². The summed E-state index contributed by atoms with van der Waals surface area (Å²) in [6, 6.07) is 12.2. The lowest BCUT2D eigenvalue weighted by Crippen LogP contribution is -2.40. The lowest BCUT2D eigenvalue weighted by Gasteiger charge is -2.28. The van der Waals surface area contributed by atoms with Gasteiger partial charge in [0.1, 0.15) is 4.99 Å². The van der Waals surface area contributed by atoms with Crippen molar-refractivity contribution in [1.29, 1.82) is 0 Å². The Morgan fingerprint density at radius 2 is 1.80 bits per heavy atom. The van der Waals surface area contributed by atoms with E-state index in [1.807, 2.05) is 30.3 Å². The van der Waals surface area contributed by atoms with Crippen LogP contribution in [0.3, 0.4) is 0 Å². The molecular formula is C15H17N3OS. The van der Waals surface area contributed by atoms with E-state index in [0.29, 0.717) is 4.99 Å². The lowest BCUT2D eigenvalue weighted by atomic mass is 10.0. The highest BCUT2D eigenvalue weighted by Gasteiger charge is 2.12. The quantitative estimate of drug-likeness (QED) is 0.847. The predicted octanol–water partition coefficient (Wildman–Crippen LogP) is 2.13. The number of fused-ring (bicyclic) bond motifs is 1. The van der Waals surface area contributed by atoms with Gasteiger partial charge in [0.25, 0.3) is 0 Å². The van der Waals surface area contributed by atoms with Crippen LogP contribution >= 0.6 is 12.2 Å². The molecule has 104 valence electrons. The van der Waals surface area contributed by atoms with Gasteiger partial charge in [0.2, 0.25) is 0 Å². The molecule has 3 N–H and O–H groups in total. The average molecular weight is 287 g/mol. The molecule has 2 aromatic rings. The Bertz CT molecular complexity index is 638. The van der Waals surface area contributed by atoms with Crippen LogP contribution in [0, 0.1) is 0 Å². The van der Waals surface area contributed by atoms with Crippen molar-refractivity contribution in [3.63, 3.8) is 0 Å². The Labute approximate surface area is 123 Å². The van der Waals surface area contributed by atoms with Crippen LogP contribution in [0.2, 0.25) is 0 Å². The van der Waals surface area contributed by atoms with Crippen LogP contribution in [-0.4, -0.2) is 36.3 Å². The number of hydrogen-bond donors (Lipinski definition) is 2. The summed E-state index contributed by atoms with van der Waals surface area (Å²) in [6.07, 6.45) is 0. The molecule has 0 spiro atoms. The molecule has 0 bridgehead atoms. The van der Waals surface area contributed by atoms with Crippen molar-refractivity contribution in [2.24, 2.45) is 5.73 Å². The Hall–Kier alpha value is -1.69. The van der Waals surface area contributed by atoms with Gasteiger partial charge < -0.3 is 15.9 Å². The van der Waals surface area contributed by atoms with Crippen LogP contribution in [0.1, 0.15) is 5.56 Å². The predicted molar refractivity (Wildman–Crippen MR) is 85.9 cm³/mol. The number of nitrogens with one attached hydrogen (secondary N) is 1. The van der Waals surface area contributed by atoms with Gasteiger partial charge in [0.05, 0.1) is 18.9 Å². The number of benzene rings is 2. The largest absolute Gasteiger partial charge is 0.389 e. The summed E-state index contributed by atoms with van der Waals surface area (Å²) in [5, 5.41) is 4.38. The first kappa shape index (κ1) is 13.3. The Morgan fingerprint density at radius 1 is 1.10 bits per heavy atom. The summed E-state index contributed by atoms with van der Waals surface area (Å²) in [6.45, 7) is 3.28. The van der Waals surface area contributed by atoms with Crippen molar-refractivity contribution in [2.75, 3.05) is 31.7 Å². The molecule has 1 aliphatic rings. The van der Waals surface area contributed by atoms with Crippen molar-refractivity contribution in [3.8, 4) is 0 Å². The minimum atomic E-state index is 0.430. The van der Waals surface area contributed by atoms with E-state index in [2.05, 4.69) is 16.5 Å². The van der Waals surface area contributed by atoms with Gasteiger partial charge in [-0.15, -0.1) is 0 Å². The van der Waals surface area contributed by atoms with Crippen LogP contribution in [-0.2, 0) is 4.74 Å². The number of hydrogen-bond acceptors (Lipinski definition) is 4. The first-order valence-electron chi connectivity index (χ1n) is 6.66. The molecule has 1 heterocycles. The van der Waals surface area contributed by atoms with Crippen LogP contribution < -0.4 is 11.2 Å². The zero-order valence-electron chi connectivity index (χ0n) is 11.1. The van der Waals surface area contributed by atoms with E-state index >= 15 is 0 Å². The van der Waals surface area contributed by atoms with Gasteiger partial charge in [-0.05, 0) is 17.5 Å². The second-order valence-electron chi connectivity index (χ2n) is 4.78. The molecule has 0 saturated carbocycles. The molecule has 1 saturated heterocycles. The van der Waals surface area contributed by atoms with Gasteiger partial charge in [0.15, 0.2) is 0 Å². The molecule has 3 rings (SSSR count). The molecule has 0 amide bonds. The maximum absolute atomic E-state index is 5.80. The van der Waals surface area contributed by atoms with E-state index in [1.165, 1.54) is 0 Å². The van der Waals surface area contributed by atoms with Crippen LogP contribution in [0.15, 0.2) is 36.4 Å². The SMILES string of the molecule is NC(=S)c1ccc(NN2CCOCC2)c2ccccc12. The monoisotopic (exact) mass is 287 g/mol. The summed E-state index contributed by atoms with van der Waals surface area (Å²) < 4.78 is 5.36. The van der Waals surface area contributed by atoms with Crippen LogP contribution in [0.25, 0.3) is 10.8 Å². The number of rotatable bonds is 3. The number of ether oxygens (including phenoxy) is 1. The summed E-state index contributed by atoms with van der Waals surface area (Å²) in [7, 11) is 0. The van der Waals surface area contributed by atoms with Crippen LogP contribution in [0.4, 0.5) is 5.69 Å². The van der Waals surface area contributed by atoms with Crippen molar-refractivity contribution in [1.82, 2.24) is 5.01 Å². The van der Waals surface area contributed by atoms with E-state index in [1.54, 1.807) is 0 Å². The minimum Gasteiger partial charge on any atom is -0.389 e. The fraction of sp³-hybridized carbons (Fsp3) is 0.267. The number of anilines is 1. The summed E-state index contributed by atoms with van der Waals surface area (Å²) in [5.74, 6) is 0. The van der Waals surface area contributed by atoms with E-state index < -0.39 is 0 Å². The highest BCUT2D eigenvalue weighted by Crippen LogP contribution is 2.27. The Balaban J connectivity index is 1.99. The standard InChI is InChI=1S/C15H17N3OS/c16-15(20)13-5-6-14(12-4-2-1-3-11(12)13)17-18-7-9-19-10-8-18/h1-6,17H,7-10H2,(H2,16,20). The molecule has 5 heteroatoms. The highest BCUT2D eigenvalue weighted by atomic mass is 32.1. The maximum atomic E-state index is 5.80. The smallest absolute Gasteiger partial charge is 0.104 e. The molecular weight excluding hydrogens is 270 g/mol. The molecule has 0 radical (unpaired) electrons. The lowest BCUT2D eigenvalue weighted by molar-refractivity contribution is 0.0497. The normalized spacial score (nSPS) is 16.2. The topological polar surface area (TPSA) is 50.5 Å². The second kappa shape index (κ2) is 5.75. The third kappa shape index (κ3) is 2.60.